The first-order chi connectivity index (χ1) is 12.5. The van der Waals surface area contributed by atoms with Crippen LogP contribution in [-0.4, -0.2) is 16.7 Å². The van der Waals surface area contributed by atoms with Crippen LogP contribution < -0.4 is 4.90 Å². The van der Waals surface area contributed by atoms with Gasteiger partial charge in [0.05, 0.1) is 11.4 Å². The number of amides is 1. The van der Waals surface area contributed by atoms with E-state index in [9.17, 15) is 9.59 Å². The number of benzene rings is 2. The van der Waals surface area contributed by atoms with Crippen LogP contribution in [0.1, 0.15) is 23.0 Å². The van der Waals surface area contributed by atoms with Gasteiger partial charge in [0, 0.05) is 22.9 Å². The first-order valence-corrected chi connectivity index (χ1v) is 9.09. The van der Waals surface area contributed by atoms with Gasteiger partial charge in [-0.2, -0.15) is 0 Å². The molecule has 0 N–H and O–H groups in total. The Labute approximate surface area is 160 Å². The minimum Gasteiger partial charge on any atom is -0.289 e. The van der Waals surface area contributed by atoms with E-state index in [4.69, 9.17) is 11.6 Å². The Morgan fingerprint density at radius 2 is 1.77 bits per heavy atom. The molecule has 0 aliphatic carbocycles. The highest BCUT2D eigenvalue weighted by atomic mass is 35.5. The summed E-state index contributed by atoms with van der Waals surface area (Å²) in [7, 11) is 0. The normalized spacial score (nSPS) is 10.8. The monoisotopic (exact) mass is 382 g/mol. The summed E-state index contributed by atoms with van der Waals surface area (Å²) in [6.07, 6.45) is 3.10. The third kappa shape index (κ3) is 4.25. The number of hydrogen-bond acceptors (Lipinski definition) is 4. The van der Waals surface area contributed by atoms with Crippen molar-refractivity contribution >= 4 is 51.5 Å². The molecule has 3 rings (SSSR count). The van der Waals surface area contributed by atoms with E-state index in [2.05, 4.69) is 4.98 Å². The van der Waals surface area contributed by atoms with Crippen molar-refractivity contribution in [3.63, 3.8) is 0 Å². The summed E-state index contributed by atoms with van der Waals surface area (Å²) in [5.41, 5.74) is 1.92. The second-order valence-electron chi connectivity index (χ2n) is 5.45. The van der Waals surface area contributed by atoms with Crippen LogP contribution in [0.25, 0.3) is 6.08 Å². The quantitative estimate of drug-likeness (QED) is 0.440. The Morgan fingerprint density at radius 1 is 1.08 bits per heavy atom. The highest BCUT2D eigenvalue weighted by Crippen LogP contribution is 2.29. The van der Waals surface area contributed by atoms with Gasteiger partial charge in [0.2, 0.25) is 5.91 Å². The predicted molar refractivity (Wildman–Crippen MR) is 106 cm³/mol. The Morgan fingerprint density at radius 3 is 2.42 bits per heavy atom. The first kappa shape index (κ1) is 18.0. The lowest BCUT2D eigenvalue weighted by Crippen LogP contribution is -2.22. The van der Waals surface area contributed by atoms with Gasteiger partial charge in [-0.15, -0.1) is 11.3 Å². The molecular weight excluding hydrogens is 368 g/mol. The third-order valence-corrected chi connectivity index (χ3v) is 4.66. The predicted octanol–water partition coefficient (Wildman–Crippen LogP) is 5.38. The summed E-state index contributed by atoms with van der Waals surface area (Å²) < 4.78 is 0. The van der Waals surface area contributed by atoms with Crippen molar-refractivity contribution in [2.75, 3.05) is 4.90 Å². The SMILES string of the molecule is CC(=O)N(c1ccccc1)c1nc(/C=C/C(=O)c2ccc(Cl)cc2)cs1. The van der Waals surface area contributed by atoms with Crippen LogP contribution in [0, 0.1) is 0 Å². The summed E-state index contributed by atoms with van der Waals surface area (Å²) in [6.45, 7) is 1.49. The number of hydrogen-bond donors (Lipinski definition) is 0. The number of para-hydroxylation sites is 1. The molecule has 6 heteroatoms. The molecule has 0 radical (unpaired) electrons. The fourth-order valence-corrected chi connectivity index (χ4v) is 3.31. The molecular formula is C20H15ClN2O2S. The number of thiazole rings is 1. The lowest BCUT2D eigenvalue weighted by Gasteiger charge is -2.17. The van der Waals surface area contributed by atoms with Gasteiger partial charge in [-0.3, -0.25) is 14.5 Å². The Bertz CT molecular complexity index is 949. The Kier molecular flexibility index (Phi) is 5.61. The van der Waals surface area contributed by atoms with Crippen molar-refractivity contribution in [1.82, 2.24) is 4.98 Å². The van der Waals surface area contributed by atoms with E-state index >= 15 is 0 Å². The number of ketones is 1. The summed E-state index contributed by atoms with van der Waals surface area (Å²) in [5, 5.41) is 2.95. The van der Waals surface area contributed by atoms with Gasteiger partial charge >= 0.3 is 0 Å². The van der Waals surface area contributed by atoms with Crippen LogP contribution in [0.5, 0.6) is 0 Å². The largest absolute Gasteiger partial charge is 0.289 e. The van der Waals surface area contributed by atoms with E-state index in [1.165, 1.54) is 24.3 Å². The topological polar surface area (TPSA) is 50.3 Å². The van der Waals surface area contributed by atoms with E-state index in [0.29, 0.717) is 21.4 Å². The number of halogens is 1. The maximum atomic E-state index is 12.2. The zero-order chi connectivity index (χ0) is 18.5. The zero-order valence-corrected chi connectivity index (χ0v) is 15.5. The van der Waals surface area contributed by atoms with E-state index in [0.717, 1.165) is 5.69 Å². The highest BCUT2D eigenvalue weighted by molar-refractivity contribution is 7.14. The van der Waals surface area contributed by atoms with Crippen molar-refractivity contribution < 1.29 is 9.59 Å². The molecule has 1 aromatic heterocycles. The number of nitrogens with zero attached hydrogens (tertiary/aromatic N) is 2. The molecule has 0 fully saturated rings. The molecule has 4 nitrogen and oxygen atoms in total. The van der Waals surface area contributed by atoms with E-state index in [1.54, 1.807) is 40.6 Å². The molecule has 0 atom stereocenters. The molecule has 2 aromatic carbocycles. The van der Waals surface area contributed by atoms with Gasteiger partial charge in [0.25, 0.3) is 0 Å². The van der Waals surface area contributed by atoms with Crippen molar-refractivity contribution in [1.29, 1.82) is 0 Å². The van der Waals surface area contributed by atoms with Gasteiger partial charge in [0.15, 0.2) is 10.9 Å². The van der Waals surface area contributed by atoms with Gasteiger partial charge in [-0.05, 0) is 48.6 Å². The summed E-state index contributed by atoms with van der Waals surface area (Å²) in [4.78, 5) is 30.2. The van der Waals surface area contributed by atoms with Gasteiger partial charge in [0.1, 0.15) is 0 Å². The van der Waals surface area contributed by atoms with Crippen molar-refractivity contribution in [3.8, 4) is 0 Å². The fraction of sp³-hybridized carbons (Fsp3) is 0.0500. The molecule has 0 bridgehead atoms. The average molecular weight is 383 g/mol. The molecule has 3 aromatic rings. The van der Waals surface area contributed by atoms with Gasteiger partial charge < -0.3 is 0 Å². The maximum absolute atomic E-state index is 12.2. The minimum absolute atomic E-state index is 0.127. The second kappa shape index (κ2) is 8.08. The Hall–Kier alpha value is -2.76. The minimum atomic E-state index is -0.136. The van der Waals surface area contributed by atoms with Gasteiger partial charge in [-0.1, -0.05) is 29.8 Å². The van der Waals surface area contributed by atoms with E-state index in [1.807, 2.05) is 30.3 Å². The number of rotatable bonds is 5. The van der Waals surface area contributed by atoms with Crippen molar-refractivity contribution in [2.45, 2.75) is 6.92 Å². The fourth-order valence-electron chi connectivity index (χ4n) is 2.33. The number of anilines is 2. The molecule has 0 aliphatic heterocycles. The smallest absolute Gasteiger partial charge is 0.230 e. The number of carbonyl (C=O) groups excluding carboxylic acids is 2. The molecule has 0 unspecified atom stereocenters. The lowest BCUT2D eigenvalue weighted by atomic mass is 10.1. The summed E-state index contributed by atoms with van der Waals surface area (Å²) in [5.74, 6) is -0.263. The summed E-state index contributed by atoms with van der Waals surface area (Å²) >= 11 is 7.17. The molecule has 0 aliphatic rings. The molecule has 1 heterocycles. The van der Waals surface area contributed by atoms with Crippen LogP contribution in [0.4, 0.5) is 10.8 Å². The lowest BCUT2D eigenvalue weighted by molar-refractivity contribution is -0.115. The van der Waals surface area contributed by atoms with Crippen LogP contribution in [0.15, 0.2) is 66.1 Å². The van der Waals surface area contributed by atoms with Crippen LogP contribution in [-0.2, 0) is 4.79 Å². The molecule has 0 saturated carbocycles. The molecule has 26 heavy (non-hydrogen) atoms. The molecule has 130 valence electrons. The van der Waals surface area contributed by atoms with E-state index < -0.39 is 0 Å². The Balaban J connectivity index is 1.79. The second-order valence-corrected chi connectivity index (χ2v) is 6.72. The van der Waals surface area contributed by atoms with Crippen LogP contribution in [0.2, 0.25) is 5.02 Å². The molecule has 0 saturated heterocycles. The standard InChI is InChI=1S/C20H15ClN2O2S/c1-14(24)23(18-5-3-2-4-6-18)20-22-17(13-26-20)11-12-19(25)15-7-9-16(21)10-8-15/h2-13H,1H3/b12-11+. The van der Waals surface area contributed by atoms with Crippen molar-refractivity contribution in [2.24, 2.45) is 0 Å². The first-order valence-electron chi connectivity index (χ1n) is 7.84. The number of allylic oxidation sites excluding steroid dienone is 1. The maximum Gasteiger partial charge on any atom is 0.230 e. The van der Waals surface area contributed by atoms with E-state index in [-0.39, 0.29) is 11.7 Å². The highest BCUT2D eigenvalue weighted by Gasteiger charge is 2.17. The zero-order valence-electron chi connectivity index (χ0n) is 13.9. The van der Waals surface area contributed by atoms with Crippen LogP contribution >= 0.6 is 22.9 Å². The third-order valence-electron chi connectivity index (χ3n) is 3.56. The molecule has 0 spiro atoms. The van der Waals surface area contributed by atoms with Crippen LogP contribution in [0.3, 0.4) is 0 Å². The number of aromatic nitrogens is 1. The average Bonchev–Trinajstić information content (AvgIpc) is 3.09. The van der Waals surface area contributed by atoms with Gasteiger partial charge in [-0.25, -0.2) is 4.98 Å². The van der Waals surface area contributed by atoms with Crippen molar-refractivity contribution in [3.05, 3.63) is 82.3 Å². The summed E-state index contributed by atoms with van der Waals surface area (Å²) in [6, 6.07) is 16.0. The molecule has 1 amide bonds. The number of carbonyl (C=O) groups is 2.